The summed E-state index contributed by atoms with van der Waals surface area (Å²) in [4.78, 5) is 24.0. The summed E-state index contributed by atoms with van der Waals surface area (Å²) in [6.45, 7) is 3.01. The lowest BCUT2D eigenvalue weighted by atomic mass is 10.3. The van der Waals surface area contributed by atoms with Crippen molar-refractivity contribution in [1.82, 2.24) is 9.97 Å². The van der Waals surface area contributed by atoms with Gasteiger partial charge in [0.1, 0.15) is 5.82 Å². The average molecular weight is 234 g/mol. The summed E-state index contributed by atoms with van der Waals surface area (Å²) >= 11 is 0. The molecule has 0 aliphatic carbocycles. The SMILES string of the molecule is CN1C(=O)Cc2cnc(N3CCOCC3)nc21. The number of likely N-dealkylation sites (N-methyl/N-ethyl adjacent to an activating group) is 1. The predicted octanol–water partition coefficient (Wildman–Crippen LogP) is -0.168. The second-order valence-electron chi connectivity index (χ2n) is 4.25. The minimum atomic E-state index is 0.0772. The summed E-state index contributed by atoms with van der Waals surface area (Å²) in [7, 11) is 1.75. The number of nitrogens with zero attached hydrogens (tertiary/aromatic N) is 4. The number of hydrogen-bond acceptors (Lipinski definition) is 5. The van der Waals surface area contributed by atoms with Crippen LogP contribution in [0.5, 0.6) is 0 Å². The molecule has 1 fully saturated rings. The number of rotatable bonds is 1. The van der Waals surface area contributed by atoms with Gasteiger partial charge in [-0.2, -0.15) is 4.98 Å². The molecule has 1 saturated heterocycles. The number of fused-ring (bicyclic) bond motifs is 1. The van der Waals surface area contributed by atoms with Crippen LogP contribution in [0.4, 0.5) is 11.8 Å². The monoisotopic (exact) mass is 234 g/mol. The number of hydrogen-bond donors (Lipinski definition) is 0. The van der Waals surface area contributed by atoms with Crippen LogP contribution in [0, 0.1) is 0 Å². The van der Waals surface area contributed by atoms with Gasteiger partial charge in [0.25, 0.3) is 0 Å². The van der Waals surface area contributed by atoms with Crippen molar-refractivity contribution in [1.29, 1.82) is 0 Å². The predicted molar refractivity (Wildman–Crippen MR) is 62.2 cm³/mol. The fourth-order valence-corrected chi connectivity index (χ4v) is 2.12. The van der Waals surface area contributed by atoms with Gasteiger partial charge in [0.15, 0.2) is 0 Å². The van der Waals surface area contributed by atoms with Crippen molar-refractivity contribution >= 4 is 17.7 Å². The van der Waals surface area contributed by atoms with Gasteiger partial charge in [0.05, 0.1) is 19.6 Å². The molecule has 0 spiro atoms. The molecule has 6 heteroatoms. The third-order valence-electron chi connectivity index (χ3n) is 3.16. The summed E-state index contributed by atoms with van der Waals surface area (Å²) < 4.78 is 5.29. The Bertz CT molecular complexity index is 457. The smallest absolute Gasteiger partial charge is 0.232 e. The van der Waals surface area contributed by atoms with Crippen molar-refractivity contribution in [3.05, 3.63) is 11.8 Å². The number of ether oxygens (including phenoxy) is 1. The van der Waals surface area contributed by atoms with Gasteiger partial charge in [-0.25, -0.2) is 4.98 Å². The number of amides is 1. The quantitative estimate of drug-likeness (QED) is 0.675. The molecule has 0 atom stereocenters. The van der Waals surface area contributed by atoms with Crippen LogP contribution in [-0.2, 0) is 16.0 Å². The molecule has 0 N–H and O–H groups in total. The normalized spacial score (nSPS) is 19.7. The molecule has 3 rings (SSSR count). The Kier molecular flexibility index (Phi) is 2.44. The molecule has 1 aromatic heterocycles. The third kappa shape index (κ3) is 1.74. The first-order chi connectivity index (χ1) is 8.25. The summed E-state index contributed by atoms with van der Waals surface area (Å²) in [6, 6.07) is 0. The van der Waals surface area contributed by atoms with E-state index in [1.165, 1.54) is 0 Å². The van der Waals surface area contributed by atoms with Crippen molar-refractivity contribution in [2.75, 3.05) is 43.2 Å². The van der Waals surface area contributed by atoms with E-state index in [0.29, 0.717) is 25.6 Å². The maximum atomic E-state index is 11.5. The highest BCUT2D eigenvalue weighted by molar-refractivity contribution is 5.99. The van der Waals surface area contributed by atoms with Crippen molar-refractivity contribution < 1.29 is 9.53 Å². The Morgan fingerprint density at radius 3 is 2.88 bits per heavy atom. The molecule has 0 aromatic carbocycles. The zero-order valence-corrected chi connectivity index (χ0v) is 9.72. The number of anilines is 2. The zero-order chi connectivity index (χ0) is 11.8. The molecule has 0 radical (unpaired) electrons. The summed E-state index contributed by atoms with van der Waals surface area (Å²) in [5.74, 6) is 1.51. The molecule has 90 valence electrons. The van der Waals surface area contributed by atoms with Crippen LogP contribution < -0.4 is 9.80 Å². The summed E-state index contributed by atoms with van der Waals surface area (Å²) in [6.07, 6.45) is 2.17. The fraction of sp³-hybridized carbons (Fsp3) is 0.545. The molecule has 0 unspecified atom stereocenters. The van der Waals surface area contributed by atoms with Crippen LogP contribution in [0.15, 0.2) is 6.20 Å². The van der Waals surface area contributed by atoms with Gasteiger partial charge in [-0.3, -0.25) is 9.69 Å². The zero-order valence-electron chi connectivity index (χ0n) is 9.72. The first kappa shape index (κ1) is 10.5. The van der Waals surface area contributed by atoms with E-state index in [-0.39, 0.29) is 5.91 Å². The van der Waals surface area contributed by atoms with Crippen molar-refractivity contribution in [3.63, 3.8) is 0 Å². The Labute approximate surface area is 99.2 Å². The van der Waals surface area contributed by atoms with Gasteiger partial charge in [0, 0.05) is 31.9 Å². The van der Waals surface area contributed by atoms with E-state index >= 15 is 0 Å². The van der Waals surface area contributed by atoms with E-state index < -0.39 is 0 Å². The van der Waals surface area contributed by atoms with E-state index in [2.05, 4.69) is 14.9 Å². The van der Waals surface area contributed by atoms with Gasteiger partial charge in [-0.15, -0.1) is 0 Å². The van der Waals surface area contributed by atoms with Gasteiger partial charge < -0.3 is 9.64 Å². The number of morpholine rings is 1. The molecule has 0 bridgehead atoms. The maximum absolute atomic E-state index is 11.5. The van der Waals surface area contributed by atoms with Crippen LogP contribution in [0.2, 0.25) is 0 Å². The second kappa shape index (κ2) is 3.96. The number of aromatic nitrogens is 2. The largest absolute Gasteiger partial charge is 0.378 e. The average Bonchev–Trinajstić information content (AvgIpc) is 2.66. The molecular formula is C11H14N4O2. The minimum absolute atomic E-state index is 0.0772. The van der Waals surface area contributed by atoms with E-state index in [0.717, 1.165) is 24.5 Å². The van der Waals surface area contributed by atoms with Crippen LogP contribution >= 0.6 is 0 Å². The first-order valence-electron chi connectivity index (χ1n) is 5.71. The van der Waals surface area contributed by atoms with Gasteiger partial charge in [-0.05, 0) is 0 Å². The minimum Gasteiger partial charge on any atom is -0.378 e. The summed E-state index contributed by atoms with van der Waals surface area (Å²) in [5, 5.41) is 0. The van der Waals surface area contributed by atoms with Gasteiger partial charge in [-0.1, -0.05) is 0 Å². The molecule has 2 aliphatic rings. The maximum Gasteiger partial charge on any atom is 0.232 e. The Morgan fingerprint density at radius 2 is 2.12 bits per heavy atom. The first-order valence-corrected chi connectivity index (χ1v) is 5.71. The molecule has 0 saturated carbocycles. The van der Waals surface area contributed by atoms with Gasteiger partial charge in [0.2, 0.25) is 11.9 Å². The summed E-state index contributed by atoms with van der Waals surface area (Å²) in [5.41, 5.74) is 0.912. The van der Waals surface area contributed by atoms with Gasteiger partial charge >= 0.3 is 0 Å². The Morgan fingerprint density at radius 1 is 1.35 bits per heavy atom. The highest BCUT2D eigenvalue weighted by Crippen LogP contribution is 2.26. The second-order valence-corrected chi connectivity index (χ2v) is 4.25. The molecule has 1 aromatic rings. The molecular weight excluding hydrogens is 220 g/mol. The lowest BCUT2D eigenvalue weighted by molar-refractivity contribution is -0.117. The lowest BCUT2D eigenvalue weighted by Crippen LogP contribution is -2.37. The standard InChI is InChI=1S/C11H14N4O2/c1-14-9(16)6-8-7-12-11(13-10(8)14)15-2-4-17-5-3-15/h7H,2-6H2,1H3. The molecule has 3 heterocycles. The molecule has 6 nitrogen and oxygen atoms in total. The fourth-order valence-electron chi connectivity index (χ4n) is 2.12. The molecule has 17 heavy (non-hydrogen) atoms. The Hall–Kier alpha value is -1.69. The van der Waals surface area contributed by atoms with Crippen LogP contribution in [0.1, 0.15) is 5.56 Å². The number of carbonyl (C=O) groups is 1. The molecule has 2 aliphatic heterocycles. The van der Waals surface area contributed by atoms with Crippen molar-refractivity contribution in [3.8, 4) is 0 Å². The van der Waals surface area contributed by atoms with Crippen LogP contribution in [0.3, 0.4) is 0 Å². The van der Waals surface area contributed by atoms with E-state index in [4.69, 9.17) is 4.74 Å². The van der Waals surface area contributed by atoms with E-state index in [1.807, 2.05) is 0 Å². The van der Waals surface area contributed by atoms with Crippen LogP contribution in [-0.4, -0.2) is 49.2 Å². The van der Waals surface area contributed by atoms with Crippen molar-refractivity contribution in [2.45, 2.75) is 6.42 Å². The molecule has 1 amide bonds. The highest BCUT2D eigenvalue weighted by atomic mass is 16.5. The Balaban J connectivity index is 1.91. The highest BCUT2D eigenvalue weighted by Gasteiger charge is 2.27. The lowest BCUT2D eigenvalue weighted by Gasteiger charge is -2.27. The third-order valence-corrected chi connectivity index (χ3v) is 3.16. The topological polar surface area (TPSA) is 58.6 Å². The van der Waals surface area contributed by atoms with Crippen molar-refractivity contribution in [2.24, 2.45) is 0 Å². The number of carbonyl (C=O) groups excluding carboxylic acids is 1. The van der Waals surface area contributed by atoms with E-state index in [1.54, 1.807) is 18.1 Å². The van der Waals surface area contributed by atoms with Crippen LogP contribution in [0.25, 0.3) is 0 Å². The van der Waals surface area contributed by atoms with E-state index in [9.17, 15) is 4.79 Å².